The molecule has 0 fully saturated rings. The smallest absolute Gasteiger partial charge is 0.0608 e. The summed E-state index contributed by atoms with van der Waals surface area (Å²) in [5.41, 5.74) is 11.6. The fraction of sp³-hybridized carbons (Fsp3) is 0.0811. The van der Waals surface area contributed by atoms with E-state index in [1.165, 1.54) is 43.1 Å². The van der Waals surface area contributed by atoms with Crippen molar-refractivity contribution in [3.8, 4) is 5.69 Å². The SMILES string of the molecule is C=C1/C=C\c2c(c3cc4c(cc3n2-c2ccccc2)N(c2ccc(CC)cc2)C=CCC4=C)Sc2ccccc21. The molecular formula is C37H30N2S. The summed E-state index contributed by atoms with van der Waals surface area (Å²) in [6.45, 7) is 11.1. The summed E-state index contributed by atoms with van der Waals surface area (Å²) in [4.78, 5) is 4.78. The molecule has 2 aliphatic heterocycles. The van der Waals surface area contributed by atoms with E-state index in [1.54, 1.807) is 0 Å². The summed E-state index contributed by atoms with van der Waals surface area (Å²) >= 11 is 1.83. The predicted molar refractivity (Wildman–Crippen MR) is 173 cm³/mol. The Morgan fingerprint density at radius 3 is 2.38 bits per heavy atom. The molecule has 4 aromatic carbocycles. The summed E-state index contributed by atoms with van der Waals surface area (Å²) < 4.78 is 2.39. The summed E-state index contributed by atoms with van der Waals surface area (Å²) in [6, 6.07) is 32.9. The van der Waals surface area contributed by atoms with Crippen LogP contribution in [-0.2, 0) is 6.42 Å². The number of rotatable bonds is 3. The second kappa shape index (κ2) is 9.93. The molecule has 0 N–H and O–H groups in total. The van der Waals surface area contributed by atoms with Gasteiger partial charge >= 0.3 is 0 Å². The molecule has 3 heteroatoms. The molecule has 0 atom stereocenters. The zero-order valence-corrected chi connectivity index (χ0v) is 23.4. The van der Waals surface area contributed by atoms with Gasteiger partial charge in [0.05, 0.1) is 16.9 Å². The number of hydrogen-bond acceptors (Lipinski definition) is 2. The Morgan fingerprint density at radius 2 is 1.57 bits per heavy atom. The van der Waals surface area contributed by atoms with Gasteiger partial charge in [-0.2, -0.15) is 0 Å². The number of aryl methyl sites for hydroxylation is 1. The summed E-state index contributed by atoms with van der Waals surface area (Å²) in [6.07, 6.45) is 10.7. The van der Waals surface area contributed by atoms with Gasteiger partial charge in [0.2, 0.25) is 0 Å². The number of hydrogen-bond donors (Lipinski definition) is 0. The molecule has 2 nitrogen and oxygen atoms in total. The van der Waals surface area contributed by atoms with Crippen LogP contribution >= 0.6 is 11.8 Å². The van der Waals surface area contributed by atoms with E-state index in [0.717, 1.165) is 41.1 Å². The standard InChI is InChI=1S/C37H30N2S/c1-4-27-17-19-28(20-18-27)38-22-10-11-25(2)31-23-32-35(24-34(31)38)39(29-12-6-5-7-13-29)33-21-16-26(3)30-14-8-9-15-36(30)40-37(32)33/h5-10,12-24H,2-4,11H2,1H3/b21-16-. The number of aromatic nitrogens is 1. The third kappa shape index (κ3) is 4.06. The number of allylic oxidation sites excluding steroid dienone is 4. The summed E-state index contributed by atoms with van der Waals surface area (Å²) in [5, 5.41) is 1.24. The third-order valence-electron chi connectivity index (χ3n) is 7.86. The van der Waals surface area contributed by atoms with E-state index in [9.17, 15) is 0 Å². The highest BCUT2D eigenvalue weighted by Gasteiger charge is 2.25. The van der Waals surface area contributed by atoms with Crippen LogP contribution in [-0.4, -0.2) is 4.57 Å². The van der Waals surface area contributed by atoms with Crippen LogP contribution in [0.4, 0.5) is 11.4 Å². The lowest BCUT2D eigenvalue weighted by atomic mass is 10.0. The van der Waals surface area contributed by atoms with E-state index in [2.05, 4.69) is 145 Å². The average molecular weight is 535 g/mol. The Bertz CT molecular complexity index is 1850. The molecular weight excluding hydrogens is 504 g/mol. The molecule has 5 aromatic rings. The van der Waals surface area contributed by atoms with Crippen molar-refractivity contribution >= 4 is 51.3 Å². The Labute approximate surface area is 240 Å². The average Bonchev–Trinajstić information content (AvgIpc) is 3.18. The molecule has 2 aliphatic rings. The van der Waals surface area contributed by atoms with Crippen molar-refractivity contribution in [1.82, 2.24) is 4.57 Å². The van der Waals surface area contributed by atoms with Crippen LogP contribution in [0.15, 0.2) is 132 Å². The fourth-order valence-electron chi connectivity index (χ4n) is 5.72. The van der Waals surface area contributed by atoms with E-state index in [1.807, 2.05) is 11.8 Å². The molecule has 194 valence electrons. The van der Waals surface area contributed by atoms with Gasteiger partial charge in [-0.3, -0.25) is 0 Å². The molecule has 0 aliphatic carbocycles. The van der Waals surface area contributed by atoms with Crippen LogP contribution in [0.3, 0.4) is 0 Å². The van der Waals surface area contributed by atoms with Crippen LogP contribution < -0.4 is 4.90 Å². The normalized spacial score (nSPS) is 15.2. The third-order valence-corrected chi connectivity index (χ3v) is 9.07. The maximum absolute atomic E-state index is 4.52. The second-order valence-electron chi connectivity index (χ2n) is 10.3. The largest absolute Gasteiger partial charge is 0.317 e. The number of para-hydroxylation sites is 1. The Kier molecular flexibility index (Phi) is 6.10. The van der Waals surface area contributed by atoms with Crippen LogP contribution in [0.25, 0.3) is 33.8 Å². The highest BCUT2D eigenvalue weighted by Crippen LogP contribution is 2.48. The van der Waals surface area contributed by atoms with Crippen molar-refractivity contribution in [2.24, 2.45) is 0 Å². The molecule has 0 spiro atoms. The quantitative estimate of drug-likeness (QED) is 0.227. The van der Waals surface area contributed by atoms with Crippen molar-refractivity contribution in [3.63, 3.8) is 0 Å². The molecule has 7 rings (SSSR count). The number of nitrogens with zero attached hydrogens (tertiary/aromatic N) is 2. The van der Waals surface area contributed by atoms with Crippen LogP contribution in [0, 0.1) is 0 Å². The Hall–Kier alpha value is -4.47. The Balaban J connectivity index is 1.53. The summed E-state index contributed by atoms with van der Waals surface area (Å²) in [5.74, 6) is 0. The van der Waals surface area contributed by atoms with E-state index >= 15 is 0 Å². The van der Waals surface area contributed by atoms with Crippen molar-refractivity contribution in [2.45, 2.75) is 29.6 Å². The van der Waals surface area contributed by atoms with Gasteiger partial charge in [0.15, 0.2) is 0 Å². The highest BCUT2D eigenvalue weighted by atomic mass is 32.2. The van der Waals surface area contributed by atoms with Crippen molar-refractivity contribution in [1.29, 1.82) is 0 Å². The number of benzene rings is 4. The minimum atomic E-state index is 0.819. The molecule has 0 saturated heterocycles. The van der Waals surface area contributed by atoms with Gasteiger partial charge < -0.3 is 9.47 Å². The molecule has 0 amide bonds. The van der Waals surface area contributed by atoms with E-state index in [-0.39, 0.29) is 0 Å². The first kappa shape index (κ1) is 24.6. The van der Waals surface area contributed by atoms with Crippen LogP contribution in [0.5, 0.6) is 0 Å². The molecule has 40 heavy (non-hydrogen) atoms. The van der Waals surface area contributed by atoms with Crippen molar-refractivity contribution in [3.05, 3.63) is 145 Å². The molecule has 0 radical (unpaired) electrons. The van der Waals surface area contributed by atoms with Crippen LogP contribution in [0.1, 0.15) is 35.7 Å². The van der Waals surface area contributed by atoms with E-state index in [0.29, 0.717) is 0 Å². The molecule has 0 unspecified atom stereocenters. The predicted octanol–water partition coefficient (Wildman–Crippen LogP) is 10.5. The zero-order valence-electron chi connectivity index (χ0n) is 22.6. The monoisotopic (exact) mass is 534 g/mol. The van der Waals surface area contributed by atoms with Gasteiger partial charge in [-0.25, -0.2) is 0 Å². The second-order valence-corrected chi connectivity index (χ2v) is 11.4. The first-order valence-electron chi connectivity index (χ1n) is 13.8. The van der Waals surface area contributed by atoms with Crippen molar-refractivity contribution in [2.75, 3.05) is 4.90 Å². The van der Waals surface area contributed by atoms with E-state index < -0.39 is 0 Å². The van der Waals surface area contributed by atoms with Gasteiger partial charge in [0.1, 0.15) is 0 Å². The maximum Gasteiger partial charge on any atom is 0.0608 e. The highest BCUT2D eigenvalue weighted by molar-refractivity contribution is 7.99. The van der Waals surface area contributed by atoms with Gasteiger partial charge in [-0.1, -0.05) is 92.5 Å². The fourth-order valence-corrected chi connectivity index (χ4v) is 6.93. The molecule has 1 aromatic heterocycles. The van der Waals surface area contributed by atoms with Gasteiger partial charge in [0, 0.05) is 38.3 Å². The summed E-state index contributed by atoms with van der Waals surface area (Å²) in [7, 11) is 0. The molecule has 0 saturated carbocycles. The minimum Gasteiger partial charge on any atom is -0.317 e. The first-order valence-corrected chi connectivity index (χ1v) is 14.6. The Morgan fingerprint density at radius 1 is 0.800 bits per heavy atom. The lowest BCUT2D eigenvalue weighted by molar-refractivity contribution is 1.08. The molecule has 0 bridgehead atoms. The molecule has 3 heterocycles. The minimum absolute atomic E-state index is 0.819. The topological polar surface area (TPSA) is 8.17 Å². The van der Waals surface area contributed by atoms with Gasteiger partial charge in [0.25, 0.3) is 0 Å². The first-order chi connectivity index (χ1) is 19.6. The number of anilines is 2. The number of fused-ring (bicyclic) bond motifs is 5. The van der Waals surface area contributed by atoms with Crippen LogP contribution in [0.2, 0.25) is 0 Å². The van der Waals surface area contributed by atoms with Gasteiger partial charge in [-0.05, 0) is 83.7 Å². The van der Waals surface area contributed by atoms with Gasteiger partial charge in [-0.15, -0.1) is 0 Å². The zero-order chi connectivity index (χ0) is 27.2. The lowest BCUT2D eigenvalue weighted by Crippen LogP contribution is -2.10. The van der Waals surface area contributed by atoms with E-state index in [4.69, 9.17) is 0 Å². The van der Waals surface area contributed by atoms with Crippen molar-refractivity contribution < 1.29 is 0 Å². The maximum atomic E-state index is 4.52. The lowest BCUT2D eigenvalue weighted by Gasteiger charge is -2.23.